The number of rotatable bonds is 3. The maximum Gasteiger partial charge on any atom is 0.257 e. The first-order valence-corrected chi connectivity index (χ1v) is 8.01. The molecule has 2 aromatic carbocycles. The van der Waals surface area contributed by atoms with Gasteiger partial charge in [0.25, 0.3) is 5.91 Å². The van der Waals surface area contributed by atoms with Gasteiger partial charge in [-0.25, -0.2) is 4.39 Å². The quantitative estimate of drug-likeness (QED) is 0.929. The molecule has 1 unspecified atom stereocenters. The van der Waals surface area contributed by atoms with Gasteiger partial charge in [0.2, 0.25) is 5.91 Å². The van der Waals surface area contributed by atoms with Gasteiger partial charge < -0.3 is 10.2 Å². The lowest BCUT2D eigenvalue weighted by Gasteiger charge is -2.35. The summed E-state index contributed by atoms with van der Waals surface area (Å²) in [5.41, 5.74) is 0.862. The zero-order valence-electron chi connectivity index (χ0n) is 12.8. The Hall–Kier alpha value is -2.40. The van der Waals surface area contributed by atoms with Crippen LogP contribution in [0.15, 0.2) is 48.5 Å². The van der Waals surface area contributed by atoms with E-state index in [1.807, 2.05) is 30.3 Å². The minimum atomic E-state index is -0.683. The van der Waals surface area contributed by atoms with E-state index in [9.17, 15) is 14.0 Å². The fourth-order valence-electron chi connectivity index (χ4n) is 2.82. The fourth-order valence-corrected chi connectivity index (χ4v) is 2.97. The Labute approximate surface area is 144 Å². The van der Waals surface area contributed by atoms with Crippen LogP contribution in [0, 0.1) is 5.82 Å². The van der Waals surface area contributed by atoms with Gasteiger partial charge in [-0.05, 0) is 23.8 Å². The molecule has 1 aliphatic rings. The first kappa shape index (κ1) is 16.5. The summed E-state index contributed by atoms with van der Waals surface area (Å²) in [4.78, 5) is 26.4. The van der Waals surface area contributed by atoms with Gasteiger partial charge in [-0.15, -0.1) is 0 Å². The van der Waals surface area contributed by atoms with E-state index >= 15 is 0 Å². The van der Waals surface area contributed by atoms with Crippen molar-refractivity contribution in [3.05, 3.63) is 70.5 Å². The lowest BCUT2D eigenvalue weighted by atomic mass is 10.0. The first-order chi connectivity index (χ1) is 11.6. The molecule has 2 aromatic rings. The summed E-state index contributed by atoms with van der Waals surface area (Å²) in [6, 6.07) is 12.7. The second-order valence-corrected chi connectivity index (χ2v) is 6.06. The van der Waals surface area contributed by atoms with Crippen LogP contribution in [0.25, 0.3) is 0 Å². The predicted molar refractivity (Wildman–Crippen MR) is 89.4 cm³/mol. The summed E-state index contributed by atoms with van der Waals surface area (Å²) in [5.74, 6) is -1.41. The average Bonchev–Trinajstić information content (AvgIpc) is 2.57. The van der Waals surface area contributed by atoms with Crippen molar-refractivity contribution < 1.29 is 14.0 Å². The maximum atomic E-state index is 14.1. The molecule has 0 aliphatic carbocycles. The van der Waals surface area contributed by atoms with E-state index in [2.05, 4.69) is 5.32 Å². The number of hydrogen-bond acceptors (Lipinski definition) is 2. The Morgan fingerprint density at radius 3 is 2.71 bits per heavy atom. The number of halogens is 2. The van der Waals surface area contributed by atoms with Crippen molar-refractivity contribution in [2.24, 2.45) is 0 Å². The monoisotopic (exact) mass is 346 g/mol. The van der Waals surface area contributed by atoms with Crippen molar-refractivity contribution in [3.8, 4) is 0 Å². The highest BCUT2D eigenvalue weighted by molar-refractivity contribution is 6.30. The molecule has 124 valence electrons. The summed E-state index contributed by atoms with van der Waals surface area (Å²) in [5, 5.41) is 2.99. The van der Waals surface area contributed by atoms with Crippen LogP contribution >= 0.6 is 11.6 Å². The lowest BCUT2D eigenvalue weighted by molar-refractivity contribution is -0.127. The van der Waals surface area contributed by atoms with Gasteiger partial charge in [0.1, 0.15) is 11.9 Å². The van der Waals surface area contributed by atoms with Gasteiger partial charge in [0.15, 0.2) is 0 Å². The van der Waals surface area contributed by atoms with Crippen LogP contribution < -0.4 is 5.32 Å². The van der Waals surface area contributed by atoms with Gasteiger partial charge in [0.05, 0.1) is 5.56 Å². The van der Waals surface area contributed by atoms with Gasteiger partial charge in [-0.2, -0.15) is 0 Å². The highest BCUT2D eigenvalue weighted by atomic mass is 35.5. The maximum absolute atomic E-state index is 14.1. The van der Waals surface area contributed by atoms with E-state index < -0.39 is 17.8 Å². The van der Waals surface area contributed by atoms with E-state index in [4.69, 9.17) is 11.6 Å². The molecular formula is C18H16ClFN2O2. The number of hydrogen-bond donors (Lipinski definition) is 1. The molecule has 1 fully saturated rings. The molecule has 1 N–H and O–H groups in total. The average molecular weight is 347 g/mol. The van der Waals surface area contributed by atoms with Crippen molar-refractivity contribution in [2.75, 3.05) is 13.1 Å². The van der Waals surface area contributed by atoms with Crippen molar-refractivity contribution in [3.63, 3.8) is 0 Å². The SMILES string of the molecule is O=C1NCCN(C(=O)c2ccc(Cl)cc2F)C1Cc1ccccc1. The summed E-state index contributed by atoms with van der Waals surface area (Å²) in [6.45, 7) is 0.690. The molecule has 6 heteroatoms. The molecule has 4 nitrogen and oxygen atoms in total. The van der Waals surface area contributed by atoms with E-state index in [0.717, 1.165) is 11.6 Å². The van der Waals surface area contributed by atoms with Crippen molar-refractivity contribution >= 4 is 23.4 Å². The molecule has 0 aromatic heterocycles. The van der Waals surface area contributed by atoms with Crippen molar-refractivity contribution in [1.29, 1.82) is 0 Å². The first-order valence-electron chi connectivity index (χ1n) is 7.64. The summed E-state index contributed by atoms with van der Waals surface area (Å²) in [7, 11) is 0. The Bertz CT molecular complexity index is 767. The Morgan fingerprint density at radius 1 is 1.25 bits per heavy atom. The number of nitrogens with one attached hydrogen (secondary N) is 1. The van der Waals surface area contributed by atoms with Crippen LogP contribution in [0.3, 0.4) is 0 Å². The molecule has 0 saturated carbocycles. The largest absolute Gasteiger partial charge is 0.353 e. The molecule has 1 aliphatic heterocycles. The topological polar surface area (TPSA) is 49.4 Å². The fraction of sp³-hybridized carbons (Fsp3) is 0.222. The van der Waals surface area contributed by atoms with Gasteiger partial charge in [-0.3, -0.25) is 9.59 Å². The highest BCUT2D eigenvalue weighted by Gasteiger charge is 2.34. The number of nitrogens with zero attached hydrogens (tertiary/aromatic N) is 1. The standard InChI is InChI=1S/C18H16ClFN2O2/c19-13-6-7-14(15(20)11-13)18(24)22-9-8-21-17(23)16(22)10-12-4-2-1-3-5-12/h1-7,11,16H,8-10H2,(H,21,23). The molecule has 3 rings (SSSR count). The van der Waals surface area contributed by atoms with Crippen molar-refractivity contribution in [1.82, 2.24) is 10.2 Å². The highest BCUT2D eigenvalue weighted by Crippen LogP contribution is 2.20. The molecular weight excluding hydrogens is 331 g/mol. The summed E-state index contributed by atoms with van der Waals surface area (Å²) >= 11 is 5.74. The Kier molecular flexibility index (Phi) is 4.81. The zero-order valence-corrected chi connectivity index (χ0v) is 13.6. The van der Waals surface area contributed by atoms with E-state index in [1.54, 1.807) is 0 Å². The summed E-state index contributed by atoms with van der Waals surface area (Å²) < 4.78 is 14.1. The minimum absolute atomic E-state index is 0.0767. The van der Waals surface area contributed by atoms with Gasteiger partial charge in [0, 0.05) is 24.5 Å². The zero-order chi connectivity index (χ0) is 17.1. The normalized spacial score (nSPS) is 17.5. The second kappa shape index (κ2) is 7.01. The Morgan fingerprint density at radius 2 is 2.00 bits per heavy atom. The van der Waals surface area contributed by atoms with Crippen LogP contribution in [-0.2, 0) is 11.2 Å². The molecule has 1 heterocycles. The third-order valence-electron chi connectivity index (χ3n) is 4.03. The lowest BCUT2D eigenvalue weighted by Crippen LogP contribution is -2.58. The van der Waals surface area contributed by atoms with Crippen LogP contribution in [0.5, 0.6) is 0 Å². The minimum Gasteiger partial charge on any atom is -0.353 e. The number of carbonyl (C=O) groups excluding carboxylic acids is 2. The molecule has 0 spiro atoms. The second-order valence-electron chi connectivity index (χ2n) is 5.62. The third kappa shape index (κ3) is 3.41. The van der Waals surface area contributed by atoms with Gasteiger partial charge >= 0.3 is 0 Å². The summed E-state index contributed by atoms with van der Waals surface area (Å²) in [6.07, 6.45) is 0.383. The molecule has 0 bridgehead atoms. The molecule has 24 heavy (non-hydrogen) atoms. The smallest absolute Gasteiger partial charge is 0.257 e. The number of benzene rings is 2. The number of carbonyl (C=O) groups is 2. The van der Waals surface area contributed by atoms with Crippen LogP contribution in [0.4, 0.5) is 4.39 Å². The third-order valence-corrected chi connectivity index (χ3v) is 4.26. The van der Waals surface area contributed by atoms with E-state index in [1.165, 1.54) is 17.0 Å². The predicted octanol–water partition coefficient (Wildman–Crippen LogP) is 2.66. The Balaban J connectivity index is 1.88. The van der Waals surface area contributed by atoms with Crippen LogP contribution in [0.1, 0.15) is 15.9 Å². The van der Waals surface area contributed by atoms with Gasteiger partial charge in [-0.1, -0.05) is 41.9 Å². The number of amides is 2. The molecule has 0 radical (unpaired) electrons. The molecule has 1 atom stereocenters. The number of piperazine rings is 1. The molecule has 2 amide bonds. The van der Waals surface area contributed by atoms with E-state index in [-0.39, 0.29) is 16.5 Å². The van der Waals surface area contributed by atoms with Crippen LogP contribution in [-0.4, -0.2) is 35.8 Å². The van der Waals surface area contributed by atoms with Crippen molar-refractivity contribution in [2.45, 2.75) is 12.5 Å². The van der Waals surface area contributed by atoms with E-state index in [0.29, 0.717) is 19.5 Å². The van der Waals surface area contributed by atoms with Crippen LogP contribution in [0.2, 0.25) is 5.02 Å². The molecule has 1 saturated heterocycles.